The van der Waals surface area contributed by atoms with Crippen molar-refractivity contribution in [2.45, 2.75) is 18.5 Å². The van der Waals surface area contributed by atoms with E-state index in [0.717, 1.165) is 5.56 Å². The number of hydrogen-bond donors (Lipinski definition) is 0. The first-order valence-corrected chi connectivity index (χ1v) is 6.30. The van der Waals surface area contributed by atoms with Crippen LogP contribution in [0.2, 0.25) is 5.02 Å². The Morgan fingerprint density at radius 1 is 1.22 bits per heavy atom. The number of alkyl halides is 4. The molecule has 1 atom stereocenters. The van der Waals surface area contributed by atoms with Gasteiger partial charge in [0.15, 0.2) is 0 Å². The highest BCUT2D eigenvalue weighted by Gasteiger charge is 2.27. The molecule has 0 N–H and O–H groups in total. The highest BCUT2D eigenvalue weighted by molar-refractivity contribution is 6.31. The third-order valence-electron chi connectivity index (χ3n) is 2.41. The highest BCUT2D eigenvalue weighted by atomic mass is 35.5. The van der Waals surface area contributed by atoms with Gasteiger partial charge in [-0.05, 0) is 18.1 Å². The van der Waals surface area contributed by atoms with Crippen LogP contribution in [0.5, 0.6) is 0 Å². The first-order valence-electron chi connectivity index (χ1n) is 5.39. The number of rotatable bonds is 6. The number of benzene rings is 1. The van der Waals surface area contributed by atoms with Crippen molar-refractivity contribution in [3.63, 3.8) is 0 Å². The summed E-state index contributed by atoms with van der Waals surface area (Å²) in [6, 6.07) is 7.15. The van der Waals surface area contributed by atoms with Crippen LogP contribution in [0.15, 0.2) is 24.3 Å². The van der Waals surface area contributed by atoms with E-state index in [9.17, 15) is 13.2 Å². The third kappa shape index (κ3) is 5.46. The molecule has 1 aromatic rings. The molecule has 0 heterocycles. The zero-order valence-corrected chi connectivity index (χ0v) is 11.0. The summed E-state index contributed by atoms with van der Waals surface area (Å²) in [6.45, 7) is -1.23. The van der Waals surface area contributed by atoms with Gasteiger partial charge in [-0.2, -0.15) is 13.2 Å². The molecule has 0 saturated heterocycles. The molecule has 0 aliphatic rings. The fourth-order valence-corrected chi connectivity index (χ4v) is 2.15. The van der Waals surface area contributed by atoms with Crippen LogP contribution in [0.1, 0.15) is 17.9 Å². The van der Waals surface area contributed by atoms with Crippen molar-refractivity contribution >= 4 is 23.2 Å². The van der Waals surface area contributed by atoms with E-state index in [1.807, 2.05) is 12.1 Å². The maximum absolute atomic E-state index is 11.9. The Morgan fingerprint density at radius 3 is 2.44 bits per heavy atom. The van der Waals surface area contributed by atoms with Crippen molar-refractivity contribution < 1.29 is 17.9 Å². The van der Waals surface area contributed by atoms with E-state index in [1.54, 1.807) is 12.1 Å². The Labute approximate surface area is 114 Å². The molecule has 102 valence electrons. The smallest absolute Gasteiger partial charge is 0.372 e. The molecule has 1 nitrogen and oxygen atoms in total. The Hall–Kier alpha value is -0.450. The Balaban J connectivity index is 2.46. The maximum atomic E-state index is 11.9. The summed E-state index contributed by atoms with van der Waals surface area (Å²) in [4.78, 5) is 0. The summed E-state index contributed by atoms with van der Waals surface area (Å²) < 4.78 is 40.2. The maximum Gasteiger partial charge on any atom is 0.411 e. The van der Waals surface area contributed by atoms with Gasteiger partial charge in [0, 0.05) is 23.4 Å². The molecule has 0 saturated carbocycles. The minimum absolute atomic E-state index is 0.00210. The van der Waals surface area contributed by atoms with E-state index in [1.165, 1.54) is 0 Å². The Morgan fingerprint density at radius 2 is 1.89 bits per heavy atom. The average molecular weight is 301 g/mol. The first kappa shape index (κ1) is 15.6. The second-order valence-electron chi connectivity index (χ2n) is 3.83. The quantitative estimate of drug-likeness (QED) is 0.550. The van der Waals surface area contributed by atoms with Gasteiger partial charge in [0.1, 0.15) is 6.61 Å². The Kier molecular flexibility index (Phi) is 6.26. The van der Waals surface area contributed by atoms with Crippen LogP contribution in [0.3, 0.4) is 0 Å². The van der Waals surface area contributed by atoms with Crippen LogP contribution in [0.4, 0.5) is 13.2 Å². The molecular formula is C12H13Cl2F3O. The molecular weight excluding hydrogens is 288 g/mol. The van der Waals surface area contributed by atoms with Crippen LogP contribution in [-0.4, -0.2) is 25.3 Å². The molecule has 0 radical (unpaired) electrons. The van der Waals surface area contributed by atoms with Gasteiger partial charge < -0.3 is 4.74 Å². The summed E-state index contributed by atoms with van der Waals surface area (Å²) in [6.07, 6.45) is -3.88. The van der Waals surface area contributed by atoms with Gasteiger partial charge in [-0.15, -0.1) is 11.6 Å². The summed E-state index contributed by atoms with van der Waals surface area (Å²) in [5.41, 5.74) is 0.838. The molecule has 18 heavy (non-hydrogen) atoms. The van der Waals surface area contributed by atoms with E-state index in [4.69, 9.17) is 23.2 Å². The van der Waals surface area contributed by atoms with Crippen molar-refractivity contribution in [3.05, 3.63) is 34.9 Å². The zero-order valence-electron chi connectivity index (χ0n) is 9.51. The fraction of sp³-hybridized carbons (Fsp3) is 0.500. The molecule has 0 aromatic heterocycles. The second-order valence-corrected chi connectivity index (χ2v) is 4.54. The normalized spacial score (nSPS) is 13.6. The lowest BCUT2D eigenvalue weighted by Gasteiger charge is -2.16. The van der Waals surface area contributed by atoms with E-state index in [2.05, 4.69) is 4.74 Å². The predicted molar refractivity (Wildman–Crippen MR) is 66.4 cm³/mol. The van der Waals surface area contributed by atoms with Crippen LogP contribution in [0, 0.1) is 0 Å². The summed E-state index contributed by atoms with van der Waals surface area (Å²) in [5, 5.41) is 0.568. The van der Waals surface area contributed by atoms with E-state index in [-0.39, 0.29) is 12.5 Å². The average Bonchev–Trinajstić information content (AvgIpc) is 2.29. The van der Waals surface area contributed by atoms with Crippen molar-refractivity contribution in [1.29, 1.82) is 0 Å². The van der Waals surface area contributed by atoms with Gasteiger partial charge >= 0.3 is 6.18 Å². The lowest BCUT2D eigenvalue weighted by Crippen LogP contribution is -2.18. The van der Waals surface area contributed by atoms with Gasteiger partial charge in [-0.25, -0.2) is 0 Å². The third-order valence-corrected chi connectivity index (χ3v) is 3.12. The van der Waals surface area contributed by atoms with E-state index >= 15 is 0 Å². The number of halogens is 5. The van der Waals surface area contributed by atoms with Crippen LogP contribution < -0.4 is 0 Å². The monoisotopic (exact) mass is 300 g/mol. The van der Waals surface area contributed by atoms with Crippen LogP contribution in [-0.2, 0) is 4.74 Å². The van der Waals surface area contributed by atoms with Gasteiger partial charge in [0.05, 0.1) is 0 Å². The molecule has 1 aromatic carbocycles. The minimum Gasteiger partial charge on any atom is -0.372 e. The summed E-state index contributed by atoms with van der Waals surface area (Å²) in [7, 11) is 0. The molecule has 0 bridgehead atoms. The van der Waals surface area contributed by atoms with Gasteiger partial charge in [0.25, 0.3) is 0 Å². The summed E-state index contributed by atoms with van der Waals surface area (Å²) in [5.74, 6) is 0.188. The van der Waals surface area contributed by atoms with Crippen molar-refractivity contribution in [3.8, 4) is 0 Å². The number of hydrogen-bond acceptors (Lipinski definition) is 1. The predicted octanol–water partition coefficient (Wildman–Crippen LogP) is 4.63. The van der Waals surface area contributed by atoms with Crippen molar-refractivity contribution in [2.75, 3.05) is 19.1 Å². The van der Waals surface area contributed by atoms with Gasteiger partial charge in [-0.1, -0.05) is 29.8 Å². The van der Waals surface area contributed by atoms with Gasteiger partial charge in [0.2, 0.25) is 0 Å². The molecule has 0 aliphatic heterocycles. The second kappa shape index (κ2) is 7.22. The lowest BCUT2D eigenvalue weighted by atomic mass is 9.98. The van der Waals surface area contributed by atoms with Gasteiger partial charge in [-0.3, -0.25) is 0 Å². The molecule has 0 fully saturated rings. The zero-order chi connectivity index (χ0) is 13.6. The molecule has 0 amide bonds. The molecule has 1 rings (SSSR count). The van der Waals surface area contributed by atoms with Crippen molar-refractivity contribution in [1.82, 2.24) is 0 Å². The molecule has 0 spiro atoms. The molecule has 1 unspecified atom stereocenters. The highest BCUT2D eigenvalue weighted by Crippen LogP contribution is 2.28. The topological polar surface area (TPSA) is 9.23 Å². The molecule has 6 heteroatoms. The minimum atomic E-state index is -4.29. The Bertz CT molecular complexity index is 369. The van der Waals surface area contributed by atoms with Crippen LogP contribution >= 0.6 is 23.2 Å². The van der Waals surface area contributed by atoms with Crippen LogP contribution in [0.25, 0.3) is 0 Å². The van der Waals surface area contributed by atoms with Crippen molar-refractivity contribution in [2.24, 2.45) is 0 Å². The largest absolute Gasteiger partial charge is 0.411 e. The number of ether oxygens (including phenoxy) is 1. The SMILES string of the molecule is FC(F)(F)COCCC(CCl)c1ccccc1Cl. The van der Waals surface area contributed by atoms with E-state index < -0.39 is 12.8 Å². The summed E-state index contributed by atoms with van der Waals surface area (Å²) >= 11 is 11.8. The first-order chi connectivity index (χ1) is 8.44. The lowest BCUT2D eigenvalue weighted by molar-refractivity contribution is -0.174. The van der Waals surface area contributed by atoms with E-state index in [0.29, 0.717) is 17.3 Å². The standard InChI is InChI=1S/C12H13Cl2F3O/c13-7-9(5-6-18-8-12(15,16)17)10-3-1-2-4-11(10)14/h1-4,9H,5-8H2. The fourth-order valence-electron chi connectivity index (χ4n) is 1.54. The molecule has 0 aliphatic carbocycles.